The SMILES string of the molecule is OC(CC1OCCc2ccccc21)c1ccccc1F. The average molecular weight is 272 g/mol. The van der Waals surface area contributed by atoms with Crippen LogP contribution in [0.1, 0.15) is 35.3 Å². The lowest BCUT2D eigenvalue weighted by Gasteiger charge is -2.28. The molecule has 0 aromatic heterocycles. The second-order valence-electron chi connectivity index (χ2n) is 5.08. The Bertz CT molecular complexity index is 597. The molecule has 1 aliphatic heterocycles. The summed E-state index contributed by atoms with van der Waals surface area (Å²) in [5, 5.41) is 10.3. The molecule has 2 nitrogen and oxygen atoms in total. The van der Waals surface area contributed by atoms with Crippen LogP contribution < -0.4 is 0 Å². The molecule has 104 valence electrons. The van der Waals surface area contributed by atoms with E-state index in [4.69, 9.17) is 4.74 Å². The summed E-state index contributed by atoms with van der Waals surface area (Å²) in [4.78, 5) is 0. The first-order valence-corrected chi connectivity index (χ1v) is 6.87. The third-order valence-corrected chi connectivity index (χ3v) is 3.79. The average Bonchev–Trinajstić information content (AvgIpc) is 2.48. The second-order valence-corrected chi connectivity index (χ2v) is 5.08. The Kier molecular flexibility index (Phi) is 3.81. The van der Waals surface area contributed by atoms with E-state index in [1.165, 1.54) is 11.6 Å². The standard InChI is InChI=1S/C17H17FO2/c18-15-8-4-3-7-14(15)16(19)11-17-13-6-2-1-5-12(13)9-10-20-17/h1-8,16-17,19H,9-11H2. The molecule has 0 saturated heterocycles. The maximum Gasteiger partial charge on any atom is 0.129 e. The van der Waals surface area contributed by atoms with E-state index in [0.29, 0.717) is 18.6 Å². The lowest BCUT2D eigenvalue weighted by molar-refractivity contribution is 0.00304. The van der Waals surface area contributed by atoms with Gasteiger partial charge in [-0.05, 0) is 23.6 Å². The predicted octanol–water partition coefficient (Wildman–Crippen LogP) is 3.56. The van der Waals surface area contributed by atoms with Crippen molar-refractivity contribution in [3.05, 3.63) is 71.0 Å². The highest BCUT2D eigenvalue weighted by Gasteiger charge is 2.24. The quantitative estimate of drug-likeness (QED) is 0.925. The van der Waals surface area contributed by atoms with Crippen molar-refractivity contribution in [2.24, 2.45) is 0 Å². The van der Waals surface area contributed by atoms with Gasteiger partial charge in [0, 0.05) is 12.0 Å². The van der Waals surface area contributed by atoms with E-state index < -0.39 is 6.10 Å². The maximum absolute atomic E-state index is 13.7. The van der Waals surface area contributed by atoms with Gasteiger partial charge >= 0.3 is 0 Å². The number of ether oxygens (including phenoxy) is 1. The molecule has 3 heteroatoms. The highest BCUT2D eigenvalue weighted by molar-refractivity contribution is 5.31. The molecular weight excluding hydrogens is 255 g/mol. The van der Waals surface area contributed by atoms with Gasteiger partial charge in [-0.1, -0.05) is 42.5 Å². The molecule has 0 radical (unpaired) electrons. The Balaban J connectivity index is 1.81. The molecule has 2 unspecified atom stereocenters. The number of aliphatic hydroxyl groups excluding tert-OH is 1. The Morgan fingerprint density at radius 1 is 1.15 bits per heavy atom. The largest absolute Gasteiger partial charge is 0.388 e. The van der Waals surface area contributed by atoms with Gasteiger partial charge in [-0.15, -0.1) is 0 Å². The Labute approximate surface area is 117 Å². The molecule has 2 atom stereocenters. The molecular formula is C17H17FO2. The number of hydrogen-bond acceptors (Lipinski definition) is 2. The lowest BCUT2D eigenvalue weighted by atomic mass is 9.92. The number of rotatable bonds is 3. The summed E-state index contributed by atoms with van der Waals surface area (Å²) in [6, 6.07) is 14.4. The van der Waals surface area contributed by atoms with Crippen LogP contribution in [0.5, 0.6) is 0 Å². The van der Waals surface area contributed by atoms with E-state index in [-0.39, 0.29) is 11.9 Å². The molecule has 1 heterocycles. The van der Waals surface area contributed by atoms with Crippen LogP contribution in [-0.4, -0.2) is 11.7 Å². The molecule has 0 bridgehead atoms. The van der Waals surface area contributed by atoms with Crippen LogP contribution in [0.4, 0.5) is 4.39 Å². The summed E-state index contributed by atoms with van der Waals surface area (Å²) in [5.41, 5.74) is 2.69. The molecule has 0 amide bonds. The predicted molar refractivity (Wildman–Crippen MR) is 74.8 cm³/mol. The van der Waals surface area contributed by atoms with Gasteiger partial charge in [-0.25, -0.2) is 4.39 Å². The van der Waals surface area contributed by atoms with Crippen LogP contribution >= 0.6 is 0 Å². The minimum Gasteiger partial charge on any atom is -0.388 e. The molecule has 0 spiro atoms. The van der Waals surface area contributed by atoms with Crippen LogP contribution in [0.3, 0.4) is 0 Å². The van der Waals surface area contributed by atoms with Crippen molar-refractivity contribution in [2.45, 2.75) is 25.0 Å². The molecule has 0 aliphatic carbocycles. The molecule has 20 heavy (non-hydrogen) atoms. The molecule has 3 rings (SSSR count). The van der Waals surface area contributed by atoms with Crippen LogP contribution in [0, 0.1) is 5.82 Å². The van der Waals surface area contributed by atoms with Crippen LogP contribution in [-0.2, 0) is 11.2 Å². The summed E-state index contributed by atoms with van der Waals surface area (Å²) in [5.74, 6) is -0.371. The third-order valence-electron chi connectivity index (χ3n) is 3.79. The van der Waals surface area contributed by atoms with Gasteiger partial charge in [-0.2, -0.15) is 0 Å². The fourth-order valence-electron chi connectivity index (χ4n) is 2.75. The third kappa shape index (κ3) is 2.60. The second kappa shape index (κ2) is 5.73. The smallest absolute Gasteiger partial charge is 0.129 e. The number of halogens is 1. The first-order chi connectivity index (χ1) is 9.75. The van der Waals surface area contributed by atoms with Crippen molar-refractivity contribution >= 4 is 0 Å². The summed E-state index contributed by atoms with van der Waals surface area (Å²) >= 11 is 0. The number of aliphatic hydroxyl groups is 1. The van der Waals surface area contributed by atoms with Gasteiger partial charge in [-0.3, -0.25) is 0 Å². The minimum atomic E-state index is -0.854. The monoisotopic (exact) mass is 272 g/mol. The zero-order valence-corrected chi connectivity index (χ0v) is 11.1. The zero-order chi connectivity index (χ0) is 13.9. The van der Waals surface area contributed by atoms with E-state index in [2.05, 4.69) is 6.07 Å². The van der Waals surface area contributed by atoms with Crippen molar-refractivity contribution in [3.63, 3.8) is 0 Å². The highest BCUT2D eigenvalue weighted by atomic mass is 19.1. The van der Waals surface area contributed by atoms with E-state index in [0.717, 1.165) is 12.0 Å². The molecule has 2 aromatic carbocycles. The number of hydrogen-bond donors (Lipinski definition) is 1. The van der Waals surface area contributed by atoms with Crippen molar-refractivity contribution < 1.29 is 14.2 Å². The van der Waals surface area contributed by atoms with Crippen molar-refractivity contribution in [1.29, 1.82) is 0 Å². The summed E-state index contributed by atoms with van der Waals surface area (Å²) < 4.78 is 19.4. The summed E-state index contributed by atoms with van der Waals surface area (Å²) in [6.07, 6.45) is 0.238. The van der Waals surface area contributed by atoms with Crippen LogP contribution in [0.25, 0.3) is 0 Å². The summed E-state index contributed by atoms with van der Waals surface area (Å²) in [7, 11) is 0. The van der Waals surface area contributed by atoms with Gasteiger partial charge in [0.15, 0.2) is 0 Å². The Hall–Kier alpha value is -1.71. The van der Waals surface area contributed by atoms with E-state index in [1.807, 2.05) is 18.2 Å². The Morgan fingerprint density at radius 2 is 1.90 bits per heavy atom. The number of benzene rings is 2. The lowest BCUT2D eigenvalue weighted by Crippen LogP contribution is -2.18. The summed E-state index contributed by atoms with van der Waals surface area (Å²) in [6.45, 7) is 0.645. The van der Waals surface area contributed by atoms with Crippen molar-refractivity contribution in [3.8, 4) is 0 Å². The highest BCUT2D eigenvalue weighted by Crippen LogP contribution is 2.34. The topological polar surface area (TPSA) is 29.5 Å². The van der Waals surface area contributed by atoms with E-state index >= 15 is 0 Å². The molecule has 0 saturated carbocycles. The van der Waals surface area contributed by atoms with Gasteiger partial charge in [0.25, 0.3) is 0 Å². The molecule has 0 fully saturated rings. The zero-order valence-electron chi connectivity index (χ0n) is 11.1. The first-order valence-electron chi connectivity index (χ1n) is 6.87. The molecule has 1 N–H and O–H groups in total. The van der Waals surface area contributed by atoms with E-state index in [1.54, 1.807) is 18.2 Å². The van der Waals surface area contributed by atoms with Crippen LogP contribution in [0.15, 0.2) is 48.5 Å². The van der Waals surface area contributed by atoms with Gasteiger partial charge < -0.3 is 9.84 Å². The molecule has 2 aromatic rings. The van der Waals surface area contributed by atoms with Gasteiger partial charge in [0.2, 0.25) is 0 Å². The normalized spacial score (nSPS) is 19.4. The minimum absolute atomic E-state index is 0.172. The fraction of sp³-hybridized carbons (Fsp3) is 0.294. The Morgan fingerprint density at radius 3 is 2.75 bits per heavy atom. The van der Waals surface area contributed by atoms with E-state index in [9.17, 15) is 9.50 Å². The van der Waals surface area contributed by atoms with Crippen molar-refractivity contribution in [2.75, 3.05) is 6.61 Å². The maximum atomic E-state index is 13.7. The van der Waals surface area contributed by atoms with Crippen molar-refractivity contribution in [1.82, 2.24) is 0 Å². The number of fused-ring (bicyclic) bond motifs is 1. The van der Waals surface area contributed by atoms with Gasteiger partial charge in [0.1, 0.15) is 5.82 Å². The molecule has 1 aliphatic rings. The fourth-order valence-corrected chi connectivity index (χ4v) is 2.75. The van der Waals surface area contributed by atoms with Crippen LogP contribution in [0.2, 0.25) is 0 Å². The first kappa shape index (κ1) is 13.3. The van der Waals surface area contributed by atoms with Gasteiger partial charge in [0.05, 0.1) is 18.8 Å².